The van der Waals surface area contributed by atoms with Crippen molar-refractivity contribution < 1.29 is 5.11 Å². The number of benzene rings is 1. The Kier molecular flexibility index (Phi) is 7.86. The van der Waals surface area contributed by atoms with E-state index in [2.05, 4.69) is 25.7 Å². The number of hydrogen-bond donors (Lipinski definition) is 1. The maximum atomic E-state index is 10.7. The predicted octanol–water partition coefficient (Wildman–Crippen LogP) is 4.91. The molecule has 5 heteroatoms. The van der Waals surface area contributed by atoms with Crippen molar-refractivity contribution in [2.45, 2.75) is 38.4 Å². The van der Waals surface area contributed by atoms with Crippen LogP contribution in [0.1, 0.15) is 33.3 Å². The Balaban J connectivity index is 2.62. The van der Waals surface area contributed by atoms with E-state index in [4.69, 9.17) is 23.2 Å². The number of hydrogen-bond acceptors (Lipinski definition) is 3. The van der Waals surface area contributed by atoms with Gasteiger partial charge in [-0.2, -0.15) is 0 Å². The lowest BCUT2D eigenvalue weighted by atomic mass is 10.1. The zero-order valence-electron chi connectivity index (χ0n) is 13.2. The van der Waals surface area contributed by atoms with E-state index in [1.165, 1.54) is 11.8 Å². The van der Waals surface area contributed by atoms with Crippen molar-refractivity contribution in [2.24, 2.45) is 5.92 Å². The fourth-order valence-corrected chi connectivity index (χ4v) is 3.66. The van der Waals surface area contributed by atoms with Gasteiger partial charge in [-0.25, -0.2) is 0 Å². The number of aliphatic hydroxyl groups is 1. The van der Waals surface area contributed by atoms with Gasteiger partial charge in [-0.15, -0.1) is 11.8 Å². The normalized spacial score (nSPS) is 16.0. The molecule has 2 nitrogen and oxygen atoms in total. The first-order valence-corrected chi connectivity index (χ1v) is 9.06. The van der Waals surface area contributed by atoms with Crippen LogP contribution in [-0.4, -0.2) is 34.6 Å². The Labute approximate surface area is 142 Å². The summed E-state index contributed by atoms with van der Waals surface area (Å²) >= 11 is 13.6. The average molecular weight is 350 g/mol. The lowest BCUT2D eigenvalue weighted by Crippen LogP contribution is -2.38. The highest BCUT2D eigenvalue weighted by Gasteiger charge is 2.30. The van der Waals surface area contributed by atoms with Crippen molar-refractivity contribution >= 4 is 35.0 Å². The molecule has 0 aliphatic carbocycles. The molecule has 2 atom stereocenters. The summed E-state index contributed by atoms with van der Waals surface area (Å²) in [6.45, 7) is 11.2. The van der Waals surface area contributed by atoms with Crippen LogP contribution in [0, 0.1) is 5.92 Å². The van der Waals surface area contributed by atoms with Crippen LogP contribution in [0.5, 0.6) is 0 Å². The second-order valence-corrected chi connectivity index (χ2v) is 7.71. The van der Waals surface area contributed by atoms with Gasteiger partial charge in [0.15, 0.2) is 0 Å². The summed E-state index contributed by atoms with van der Waals surface area (Å²) in [5, 5.41) is 12.0. The van der Waals surface area contributed by atoms with Gasteiger partial charge in [0.1, 0.15) is 4.93 Å². The van der Waals surface area contributed by atoms with Crippen molar-refractivity contribution in [2.75, 3.05) is 19.6 Å². The smallest absolute Gasteiger partial charge is 0.111 e. The first kappa shape index (κ1) is 19.1. The summed E-state index contributed by atoms with van der Waals surface area (Å²) < 4.78 is 0. The Morgan fingerprint density at radius 3 is 2.43 bits per heavy atom. The molecule has 0 saturated carbocycles. The highest BCUT2D eigenvalue weighted by Crippen LogP contribution is 2.35. The summed E-state index contributed by atoms with van der Waals surface area (Å²) in [6, 6.07) is 5.49. The van der Waals surface area contributed by atoms with Gasteiger partial charge in [-0.05, 0) is 37.7 Å². The molecule has 0 fully saturated rings. The number of nitrogens with zero attached hydrogens (tertiary/aromatic N) is 1. The summed E-state index contributed by atoms with van der Waals surface area (Å²) in [6.07, 6.45) is 0. The molecule has 1 aromatic rings. The molecule has 2 unspecified atom stereocenters. The van der Waals surface area contributed by atoms with E-state index in [0.717, 1.165) is 25.2 Å². The molecular weight excluding hydrogens is 325 g/mol. The first-order valence-electron chi connectivity index (χ1n) is 7.32. The van der Waals surface area contributed by atoms with Crippen molar-refractivity contribution in [1.82, 2.24) is 4.90 Å². The summed E-state index contributed by atoms with van der Waals surface area (Å²) in [4.78, 5) is 1.54. The molecule has 0 saturated heterocycles. The Morgan fingerprint density at radius 2 is 1.90 bits per heavy atom. The number of rotatable bonds is 8. The topological polar surface area (TPSA) is 23.5 Å². The molecule has 0 spiro atoms. The fraction of sp³-hybridized carbons (Fsp3) is 0.625. The van der Waals surface area contributed by atoms with Gasteiger partial charge in [-0.1, -0.05) is 50.0 Å². The largest absolute Gasteiger partial charge is 0.379 e. The van der Waals surface area contributed by atoms with Gasteiger partial charge >= 0.3 is 0 Å². The molecule has 0 radical (unpaired) electrons. The van der Waals surface area contributed by atoms with Crippen LogP contribution in [0.15, 0.2) is 18.2 Å². The minimum Gasteiger partial charge on any atom is -0.379 e. The maximum absolute atomic E-state index is 10.7. The van der Waals surface area contributed by atoms with Crippen molar-refractivity contribution in [1.29, 1.82) is 0 Å². The zero-order valence-corrected chi connectivity index (χ0v) is 15.5. The molecule has 1 rings (SSSR count). The predicted molar refractivity (Wildman–Crippen MR) is 95.3 cm³/mol. The summed E-state index contributed by atoms with van der Waals surface area (Å²) in [5.74, 6) is 0.847. The maximum Gasteiger partial charge on any atom is 0.111 e. The molecule has 0 aromatic heterocycles. The quantitative estimate of drug-likeness (QED) is 0.674. The Bertz CT molecular complexity index is 450. The second kappa shape index (κ2) is 8.64. The molecule has 120 valence electrons. The Morgan fingerprint density at radius 1 is 1.29 bits per heavy atom. The molecule has 0 bridgehead atoms. The van der Waals surface area contributed by atoms with Gasteiger partial charge in [0, 0.05) is 28.3 Å². The van der Waals surface area contributed by atoms with Crippen LogP contribution < -0.4 is 0 Å². The van der Waals surface area contributed by atoms with Crippen LogP contribution in [0.2, 0.25) is 10.0 Å². The van der Waals surface area contributed by atoms with E-state index in [1.807, 2.05) is 19.1 Å². The first-order chi connectivity index (χ1) is 9.80. The Hall–Kier alpha value is 0.0700. The van der Waals surface area contributed by atoms with E-state index in [-0.39, 0.29) is 5.92 Å². The van der Waals surface area contributed by atoms with Crippen LogP contribution in [-0.2, 0) is 5.75 Å². The molecule has 21 heavy (non-hydrogen) atoms. The molecule has 1 aromatic carbocycles. The fourth-order valence-electron chi connectivity index (χ4n) is 2.04. The molecular formula is C16H25Cl2NOS. The van der Waals surface area contributed by atoms with Crippen molar-refractivity contribution in [3.8, 4) is 0 Å². The minimum absolute atomic E-state index is 0.175. The zero-order chi connectivity index (χ0) is 16.0. The third-order valence-corrected chi connectivity index (χ3v) is 5.90. The lowest BCUT2D eigenvalue weighted by molar-refractivity contribution is 0.0752. The van der Waals surface area contributed by atoms with Gasteiger partial charge in [-0.3, -0.25) is 0 Å². The monoisotopic (exact) mass is 349 g/mol. The second-order valence-electron chi connectivity index (χ2n) is 5.47. The van der Waals surface area contributed by atoms with Gasteiger partial charge in [0.2, 0.25) is 0 Å². The van der Waals surface area contributed by atoms with Crippen LogP contribution in [0.3, 0.4) is 0 Å². The van der Waals surface area contributed by atoms with Crippen LogP contribution in [0.4, 0.5) is 0 Å². The highest BCUT2D eigenvalue weighted by molar-refractivity contribution is 7.99. The summed E-state index contributed by atoms with van der Waals surface area (Å²) in [5.41, 5.74) is 1.00. The third-order valence-electron chi connectivity index (χ3n) is 3.88. The van der Waals surface area contributed by atoms with Crippen molar-refractivity contribution in [3.05, 3.63) is 33.8 Å². The molecule has 1 N–H and O–H groups in total. The van der Waals surface area contributed by atoms with Gasteiger partial charge < -0.3 is 10.0 Å². The lowest BCUT2D eigenvalue weighted by Gasteiger charge is -2.33. The van der Waals surface area contributed by atoms with E-state index in [0.29, 0.717) is 15.8 Å². The molecule has 0 heterocycles. The number of thioether (sulfide) groups is 1. The third kappa shape index (κ3) is 5.99. The molecule has 0 amide bonds. The minimum atomic E-state index is -0.786. The van der Waals surface area contributed by atoms with E-state index in [9.17, 15) is 5.11 Å². The van der Waals surface area contributed by atoms with Gasteiger partial charge in [0.05, 0.1) is 0 Å². The van der Waals surface area contributed by atoms with E-state index >= 15 is 0 Å². The average Bonchev–Trinajstić information content (AvgIpc) is 2.43. The van der Waals surface area contributed by atoms with Crippen LogP contribution >= 0.6 is 35.0 Å². The standard InChI is InChI=1S/C16H25Cl2NOS/c1-5-19(6-2)10-12(3)16(4,20)21-11-13-7-8-14(17)9-15(13)18/h7-9,12,20H,5-6,10-11H2,1-4H3. The van der Waals surface area contributed by atoms with E-state index < -0.39 is 4.93 Å². The van der Waals surface area contributed by atoms with E-state index in [1.54, 1.807) is 6.07 Å². The highest BCUT2D eigenvalue weighted by atomic mass is 35.5. The number of halogens is 2. The molecule has 0 aliphatic rings. The van der Waals surface area contributed by atoms with Crippen molar-refractivity contribution in [3.63, 3.8) is 0 Å². The summed E-state index contributed by atoms with van der Waals surface area (Å²) in [7, 11) is 0. The van der Waals surface area contributed by atoms with Crippen LogP contribution in [0.25, 0.3) is 0 Å². The van der Waals surface area contributed by atoms with Gasteiger partial charge in [0.25, 0.3) is 0 Å². The molecule has 0 aliphatic heterocycles. The SMILES string of the molecule is CCN(CC)CC(C)C(C)(O)SCc1ccc(Cl)cc1Cl.